The van der Waals surface area contributed by atoms with E-state index in [9.17, 15) is 9.18 Å². The van der Waals surface area contributed by atoms with Crippen molar-refractivity contribution in [1.29, 1.82) is 0 Å². The van der Waals surface area contributed by atoms with Crippen LogP contribution in [-0.2, 0) is 0 Å². The Bertz CT molecular complexity index is 643. The van der Waals surface area contributed by atoms with Gasteiger partial charge in [0.15, 0.2) is 0 Å². The summed E-state index contributed by atoms with van der Waals surface area (Å²) in [4.78, 5) is 10.8. The van der Waals surface area contributed by atoms with E-state index < -0.39 is 11.8 Å². The number of anilines is 2. The molecule has 0 saturated heterocycles. The molecule has 0 fully saturated rings. The fourth-order valence-electron chi connectivity index (χ4n) is 1.68. The van der Waals surface area contributed by atoms with Crippen LogP contribution in [0.3, 0.4) is 0 Å². The van der Waals surface area contributed by atoms with Gasteiger partial charge in [0.2, 0.25) is 0 Å². The standard InChI is InChI=1S/C14H11ClFNO2/c1-8-6-9(14(18)19)2-5-12(8)17-13-7-10(15)3-4-11(13)16/h2-7,17H,1H3,(H,18,19). The van der Waals surface area contributed by atoms with Crippen LogP contribution in [0.1, 0.15) is 15.9 Å². The van der Waals surface area contributed by atoms with E-state index in [2.05, 4.69) is 5.32 Å². The normalized spacial score (nSPS) is 10.3. The minimum Gasteiger partial charge on any atom is -0.478 e. The number of aromatic carboxylic acids is 1. The summed E-state index contributed by atoms with van der Waals surface area (Å²) in [5.41, 5.74) is 1.78. The van der Waals surface area contributed by atoms with Crippen LogP contribution >= 0.6 is 11.6 Å². The number of nitrogens with one attached hydrogen (secondary N) is 1. The zero-order chi connectivity index (χ0) is 14.0. The van der Waals surface area contributed by atoms with E-state index in [0.29, 0.717) is 16.3 Å². The average molecular weight is 280 g/mol. The van der Waals surface area contributed by atoms with Crippen LogP contribution in [-0.4, -0.2) is 11.1 Å². The first kappa shape index (κ1) is 13.4. The molecule has 0 heterocycles. The Labute approximate surface area is 114 Å². The van der Waals surface area contributed by atoms with Gasteiger partial charge in [-0.1, -0.05) is 11.6 Å². The van der Waals surface area contributed by atoms with Crippen molar-refractivity contribution in [2.75, 3.05) is 5.32 Å². The smallest absolute Gasteiger partial charge is 0.335 e. The fourth-order valence-corrected chi connectivity index (χ4v) is 1.85. The molecule has 0 bridgehead atoms. The zero-order valence-electron chi connectivity index (χ0n) is 10.1. The van der Waals surface area contributed by atoms with Crippen LogP contribution in [0, 0.1) is 12.7 Å². The molecule has 5 heteroatoms. The molecule has 0 aromatic heterocycles. The van der Waals surface area contributed by atoms with Crippen molar-refractivity contribution in [2.45, 2.75) is 6.92 Å². The van der Waals surface area contributed by atoms with Gasteiger partial charge >= 0.3 is 5.97 Å². The largest absolute Gasteiger partial charge is 0.478 e. The van der Waals surface area contributed by atoms with Crippen molar-refractivity contribution < 1.29 is 14.3 Å². The van der Waals surface area contributed by atoms with Gasteiger partial charge in [0.1, 0.15) is 5.82 Å². The lowest BCUT2D eigenvalue weighted by molar-refractivity contribution is 0.0697. The summed E-state index contributed by atoms with van der Waals surface area (Å²) in [6, 6.07) is 8.78. The molecule has 2 rings (SSSR count). The van der Waals surface area contributed by atoms with Crippen LogP contribution in [0.2, 0.25) is 5.02 Å². The van der Waals surface area contributed by atoms with E-state index in [-0.39, 0.29) is 11.3 Å². The van der Waals surface area contributed by atoms with Gasteiger partial charge in [0.25, 0.3) is 0 Å². The second kappa shape index (κ2) is 5.28. The number of carboxylic acid groups (broad SMARTS) is 1. The molecular weight excluding hydrogens is 269 g/mol. The summed E-state index contributed by atoms with van der Waals surface area (Å²) in [7, 11) is 0. The van der Waals surface area contributed by atoms with Crippen LogP contribution in [0.5, 0.6) is 0 Å². The molecule has 3 nitrogen and oxygen atoms in total. The van der Waals surface area contributed by atoms with E-state index in [0.717, 1.165) is 0 Å². The van der Waals surface area contributed by atoms with Crippen molar-refractivity contribution >= 4 is 28.9 Å². The average Bonchev–Trinajstić information content (AvgIpc) is 2.36. The Balaban J connectivity index is 2.33. The van der Waals surface area contributed by atoms with Gasteiger partial charge in [-0.25, -0.2) is 9.18 Å². The topological polar surface area (TPSA) is 49.3 Å². The molecule has 2 aromatic carbocycles. The summed E-state index contributed by atoms with van der Waals surface area (Å²) in [5, 5.41) is 12.2. The number of aryl methyl sites for hydroxylation is 1. The van der Waals surface area contributed by atoms with Crippen molar-refractivity contribution in [3.05, 3.63) is 58.4 Å². The van der Waals surface area contributed by atoms with Crippen LogP contribution in [0.25, 0.3) is 0 Å². The number of carbonyl (C=O) groups is 1. The van der Waals surface area contributed by atoms with E-state index in [1.807, 2.05) is 0 Å². The van der Waals surface area contributed by atoms with Crippen molar-refractivity contribution in [3.63, 3.8) is 0 Å². The van der Waals surface area contributed by atoms with Gasteiger partial charge in [0, 0.05) is 10.7 Å². The summed E-state index contributed by atoms with van der Waals surface area (Å²) in [6.07, 6.45) is 0. The van der Waals surface area contributed by atoms with Crippen molar-refractivity contribution in [2.24, 2.45) is 0 Å². The highest BCUT2D eigenvalue weighted by Gasteiger charge is 2.08. The monoisotopic (exact) mass is 279 g/mol. The third-order valence-electron chi connectivity index (χ3n) is 2.67. The number of halogens is 2. The molecule has 0 atom stereocenters. The second-order valence-corrected chi connectivity index (χ2v) is 4.52. The lowest BCUT2D eigenvalue weighted by atomic mass is 10.1. The maximum atomic E-state index is 13.6. The summed E-state index contributed by atoms with van der Waals surface area (Å²) in [6.45, 7) is 1.75. The highest BCUT2D eigenvalue weighted by molar-refractivity contribution is 6.30. The van der Waals surface area contributed by atoms with Crippen LogP contribution < -0.4 is 5.32 Å². The lowest BCUT2D eigenvalue weighted by Gasteiger charge is -2.11. The summed E-state index contributed by atoms with van der Waals surface area (Å²) in [5.74, 6) is -1.42. The molecule has 0 saturated carbocycles. The first-order valence-electron chi connectivity index (χ1n) is 5.53. The number of benzene rings is 2. The molecule has 19 heavy (non-hydrogen) atoms. The van der Waals surface area contributed by atoms with Gasteiger partial charge in [-0.3, -0.25) is 0 Å². The summed E-state index contributed by atoms with van der Waals surface area (Å²) >= 11 is 5.81. The lowest BCUT2D eigenvalue weighted by Crippen LogP contribution is -2.00. The quantitative estimate of drug-likeness (QED) is 0.884. The van der Waals surface area contributed by atoms with E-state index in [4.69, 9.17) is 16.7 Å². The minimum atomic E-state index is -0.997. The Hall–Kier alpha value is -2.07. The SMILES string of the molecule is Cc1cc(C(=O)O)ccc1Nc1cc(Cl)ccc1F. The number of hydrogen-bond donors (Lipinski definition) is 2. The molecular formula is C14H11ClFNO2. The first-order valence-corrected chi connectivity index (χ1v) is 5.91. The van der Waals surface area contributed by atoms with Gasteiger partial charge in [-0.05, 0) is 48.9 Å². The van der Waals surface area contributed by atoms with Gasteiger partial charge in [-0.2, -0.15) is 0 Å². The molecule has 0 unspecified atom stereocenters. The Morgan fingerprint density at radius 1 is 1.21 bits per heavy atom. The minimum absolute atomic E-state index is 0.189. The molecule has 0 radical (unpaired) electrons. The van der Waals surface area contributed by atoms with Gasteiger partial charge < -0.3 is 10.4 Å². The third-order valence-corrected chi connectivity index (χ3v) is 2.91. The summed E-state index contributed by atoms with van der Waals surface area (Å²) < 4.78 is 13.6. The second-order valence-electron chi connectivity index (χ2n) is 4.08. The van der Waals surface area contributed by atoms with Crippen LogP contribution in [0.4, 0.5) is 15.8 Å². The Morgan fingerprint density at radius 3 is 2.58 bits per heavy atom. The Kier molecular flexibility index (Phi) is 3.71. The van der Waals surface area contributed by atoms with E-state index >= 15 is 0 Å². The Morgan fingerprint density at radius 2 is 1.95 bits per heavy atom. The highest BCUT2D eigenvalue weighted by Crippen LogP contribution is 2.26. The van der Waals surface area contributed by atoms with Crippen LogP contribution in [0.15, 0.2) is 36.4 Å². The van der Waals surface area contributed by atoms with Gasteiger partial charge in [0.05, 0.1) is 11.3 Å². The molecule has 0 aliphatic heterocycles. The molecule has 2 N–H and O–H groups in total. The maximum absolute atomic E-state index is 13.6. The number of carboxylic acids is 1. The molecule has 0 aliphatic rings. The first-order chi connectivity index (χ1) is 8.97. The van der Waals surface area contributed by atoms with Gasteiger partial charge in [-0.15, -0.1) is 0 Å². The molecule has 2 aromatic rings. The molecule has 98 valence electrons. The fraction of sp³-hybridized carbons (Fsp3) is 0.0714. The third kappa shape index (κ3) is 3.03. The predicted octanol–water partition coefficient (Wildman–Crippen LogP) is 4.23. The highest BCUT2D eigenvalue weighted by atomic mass is 35.5. The number of hydrogen-bond acceptors (Lipinski definition) is 2. The maximum Gasteiger partial charge on any atom is 0.335 e. The van der Waals surface area contributed by atoms with Crippen molar-refractivity contribution in [1.82, 2.24) is 0 Å². The van der Waals surface area contributed by atoms with E-state index in [1.165, 1.54) is 30.3 Å². The number of rotatable bonds is 3. The van der Waals surface area contributed by atoms with Crippen molar-refractivity contribution in [3.8, 4) is 0 Å². The van der Waals surface area contributed by atoms with E-state index in [1.54, 1.807) is 13.0 Å². The molecule has 0 spiro atoms. The zero-order valence-corrected chi connectivity index (χ0v) is 10.8. The molecule has 0 amide bonds. The predicted molar refractivity (Wildman–Crippen MR) is 72.8 cm³/mol. The molecule has 0 aliphatic carbocycles.